The van der Waals surface area contributed by atoms with Gasteiger partial charge in [-0.1, -0.05) is 167 Å². The Morgan fingerprint density at radius 3 is 1.41 bits per heavy atom. The summed E-state index contributed by atoms with van der Waals surface area (Å²) in [7, 11) is 0. The van der Waals surface area contributed by atoms with E-state index in [0.29, 0.717) is 0 Å². The molecule has 0 N–H and O–H groups in total. The molecule has 0 fully saturated rings. The fourth-order valence-electron chi connectivity index (χ4n) is 9.51. The summed E-state index contributed by atoms with van der Waals surface area (Å²) in [4.78, 5) is 0. The molecule has 0 aromatic heterocycles. The van der Waals surface area contributed by atoms with Crippen molar-refractivity contribution < 1.29 is 0 Å². The molecule has 0 radical (unpaired) electrons. The van der Waals surface area contributed by atoms with Crippen molar-refractivity contribution in [3.05, 3.63) is 179 Å². The minimum absolute atomic E-state index is 0.0325. The van der Waals surface area contributed by atoms with E-state index < -0.39 is 0 Å². The number of hydrogen-bond donors (Lipinski definition) is 0. The summed E-state index contributed by atoms with van der Waals surface area (Å²) in [6, 6.07) is 57.4. The first kappa shape index (κ1) is 30.1. The van der Waals surface area contributed by atoms with Crippen molar-refractivity contribution in [2.45, 2.75) is 45.4 Å². The first-order valence-electron chi connectivity index (χ1n) is 18.3. The molecule has 0 nitrogen and oxygen atoms in total. The zero-order valence-corrected chi connectivity index (χ0v) is 29.9. The van der Waals surface area contributed by atoms with Crippen molar-refractivity contribution >= 4 is 21.5 Å². The molecule has 8 aromatic rings. The van der Waals surface area contributed by atoms with E-state index in [9.17, 15) is 0 Å². The van der Waals surface area contributed by atoms with E-state index in [1.54, 1.807) is 0 Å². The highest BCUT2D eigenvalue weighted by Gasteiger charge is 2.36. The molecule has 0 aliphatic heterocycles. The fourth-order valence-corrected chi connectivity index (χ4v) is 9.51. The average Bonchev–Trinajstić information content (AvgIpc) is 3.53. The van der Waals surface area contributed by atoms with E-state index in [1.165, 1.54) is 105 Å². The Balaban J connectivity index is 1.17. The monoisotopic (exact) mass is 652 g/mol. The molecule has 0 amide bonds. The van der Waals surface area contributed by atoms with E-state index in [2.05, 4.69) is 186 Å². The first-order valence-corrected chi connectivity index (χ1v) is 18.3. The van der Waals surface area contributed by atoms with Gasteiger partial charge in [0.1, 0.15) is 0 Å². The highest BCUT2D eigenvalue weighted by Crippen LogP contribution is 2.52. The molecule has 244 valence electrons. The van der Waals surface area contributed by atoms with E-state index >= 15 is 0 Å². The van der Waals surface area contributed by atoms with Crippen molar-refractivity contribution in [1.82, 2.24) is 0 Å². The Kier molecular flexibility index (Phi) is 6.29. The summed E-state index contributed by atoms with van der Waals surface area (Å²) < 4.78 is 0. The van der Waals surface area contributed by atoms with Crippen molar-refractivity contribution in [3.8, 4) is 55.6 Å². The number of benzene rings is 8. The second kappa shape index (κ2) is 10.6. The van der Waals surface area contributed by atoms with Crippen LogP contribution in [0.15, 0.2) is 152 Å². The Morgan fingerprint density at radius 1 is 0.314 bits per heavy atom. The van der Waals surface area contributed by atoms with Gasteiger partial charge in [0.15, 0.2) is 0 Å². The summed E-state index contributed by atoms with van der Waals surface area (Å²) in [6.07, 6.45) is 0. The molecule has 2 aliphatic rings. The SMILES string of the molecule is Cc1ccc2c(-c3cccc(-c4ccc5c(c4)C(C)(C)c4ccccc4-5)c3)c3ccccc3c(-c3ccc4c(c3)C(C)(C)c3ccccc3-4)c2c1. The van der Waals surface area contributed by atoms with Gasteiger partial charge in [0, 0.05) is 10.8 Å². The minimum atomic E-state index is -0.0562. The van der Waals surface area contributed by atoms with Crippen LogP contribution in [0.5, 0.6) is 0 Å². The molecular formula is C51H40. The van der Waals surface area contributed by atoms with Crippen LogP contribution in [0.3, 0.4) is 0 Å². The lowest BCUT2D eigenvalue weighted by Crippen LogP contribution is -2.14. The van der Waals surface area contributed by atoms with Crippen LogP contribution in [0.2, 0.25) is 0 Å². The van der Waals surface area contributed by atoms with Gasteiger partial charge in [-0.25, -0.2) is 0 Å². The first-order chi connectivity index (χ1) is 24.7. The highest BCUT2D eigenvalue weighted by molar-refractivity contribution is 6.21. The Morgan fingerprint density at radius 2 is 0.765 bits per heavy atom. The van der Waals surface area contributed by atoms with E-state index in [4.69, 9.17) is 0 Å². The average molecular weight is 653 g/mol. The van der Waals surface area contributed by atoms with E-state index in [-0.39, 0.29) is 10.8 Å². The minimum Gasteiger partial charge on any atom is -0.0619 e. The van der Waals surface area contributed by atoms with Gasteiger partial charge in [-0.3, -0.25) is 0 Å². The molecule has 0 unspecified atom stereocenters. The molecule has 0 heteroatoms. The van der Waals surface area contributed by atoms with Crippen LogP contribution >= 0.6 is 0 Å². The maximum absolute atomic E-state index is 2.48. The van der Waals surface area contributed by atoms with Crippen LogP contribution in [0.1, 0.15) is 55.5 Å². The van der Waals surface area contributed by atoms with E-state index in [1.807, 2.05) is 0 Å². The fraction of sp³-hybridized carbons (Fsp3) is 0.137. The van der Waals surface area contributed by atoms with Crippen LogP contribution in [-0.4, -0.2) is 0 Å². The van der Waals surface area contributed by atoms with Crippen molar-refractivity contribution in [2.24, 2.45) is 0 Å². The van der Waals surface area contributed by atoms with Crippen LogP contribution in [-0.2, 0) is 10.8 Å². The number of hydrogen-bond acceptors (Lipinski definition) is 0. The van der Waals surface area contributed by atoms with E-state index in [0.717, 1.165) is 0 Å². The Hall–Kier alpha value is -5.72. The number of aryl methyl sites for hydroxylation is 1. The molecular weight excluding hydrogens is 613 g/mol. The quantitative estimate of drug-likeness (QED) is 0.167. The van der Waals surface area contributed by atoms with Gasteiger partial charge in [0.25, 0.3) is 0 Å². The Labute approximate surface area is 301 Å². The van der Waals surface area contributed by atoms with Gasteiger partial charge in [-0.05, 0) is 125 Å². The normalized spacial score (nSPS) is 14.7. The lowest BCUT2D eigenvalue weighted by atomic mass is 9.80. The van der Waals surface area contributed by atoms with Gasteiger partial charge < -0.3 is 0 Å². The molecule has 0 atom stereocenters. The molecule has 51 heavy (non-hydrogen) atoms. The van der Waals surface area contributed by atoms with Crippen LogP contribution in [0.25, 0.3) is 77.2 Å². The molecule has 0 bridgehead atoms. The third kappa shape index (κ3) is 4.26. The predicted octanol–water partition coefficient (Wildman–Crippen LogP) is 13.9. The van der Waals surface area contributed by atoms with Gasteiger partial charge in [-0.2, -0.15) is 0 Å². The lowest BCUT2D eigenvalue weighted by Gasteiger charge is -2.23. The van der Waals surface area contributed by atoms with Crippen LogP contribution < -0.4 is 0 Å². The summed E-state index contributed by atoms with van der Waals surface area (Å²) >= 11 is 0. The zero-order chi connectivity index (χ0) is 34.6. The van der Waals surface area contributed by atoms with Crippen molar-refractivity contribution in [2.75, 3.05) is 0 Å². The van der Waals surface area contributed by atoms with Crippen LogP contribution in [0, 0.1) is 6.92 Å². The summed E-state index contributed by atoms with van der Waals surface area (Å²) in [5, 5.41) is 5.18. The standard InChI is InChI=1S/C51H40/c1-31-21-24-42-43(27-31)49(35-23-26-39-37-16-9-11-20-45(37)51(4,5)47(39)30-35)41-18-7-6-17-40(41)48(42)34-14-12-13-32(28-34)33-22-25-38-36-15-8-10-19-44(36)50(2,3)46(38)29-33/h6-30H,1-5H3. The third-order valence-corrected chi connectivity index (χ3v) is 12.1. The molecule has 0 heterocycles. The summed E-state index contributed by atoms with van der Waals surface area (Å²) in [5.41, 5.74) is 19.9. The second-order valence-electron chi connectivity index (χ2n) is 15.8. The topological polar surface area (TPSA) is 0 Å². The van der Waals surface area contributed by atoms with Gasteiger partial charge in [-0.15, -0.1) is 0 Å². The predicted molar refractivity (Wildman–Crippen MR) is 218 cm³/mol. The maximum Gasteiger partial charge on any atom is 0.0159 e. The highest BCUT2D eigenvalue weighted by atomic mass is 14.4. The molecule has 0 spiro atoms. The zero-order valence-electron chi connectivity index (χ0n) is 29.9. The number of fused-ring (bicyclic) bond motifs is 8. The molecule has 2 aliphatic carbocycles. The third-order valence-electron chi connectivity index (χ3n) is 12.1. The largest absolute Gasteiger partial charge is 0.0619 e. The molecule has 8 aromatic carbocycles. The van der Waals surface area contributed by atoms with Gasteiger partial charge >= 0.3 is 0 Å². The molecule has 0 saturated heterocycles. The molecule has 10 rings (SSSR count). The summed E-state index contributed by atoms with van der Waals surface area (Å²) in [6.45, 7) is 11.7. The van der Waals surface area contributed by atoms with Gasteiger partial charge in [0.05, 0.1) is 0 Å². The second-order valence-corrected chi connectivity index (χ2v) is 15.8. The maximum atomic E-state index is 2.48. The number of rotatable bonds is 3. The van der Waals surface area contributed by atoms with Crippen molar-refractivity contribution in [1.29, 1.82) is 0 Å². The smallest absolute Gasteiger partial charge is 0.0159 e. The lowest BCUT2D eigenvalue weighted by molar-refractivity contribution is 0.660. The van der Waals surface area contributed by atoms with Crippen molar-refractivity contribution in [3.63, 3.8) is 0 Å². The summed E-state index contributed by atoms with van der Waals surface area (Å²) in [5.74, 6) is 0. The molecule has 0 saturated carbocycles. The Bertz CT molecular complexity index is 2750. The van der Waals surface area contributed by atoms with Crippen LogP contribution in [0.4, 0.5) is 0 Å². The van der Waals surface area contributed by atoms with Gasteiger partial charge in [0.2, 0.25) is 0 Å².